The van der Waals surface area contributed by atoms with Crippen molar-refractivity contribution >= 4 is 0 Å². The molecule has 21 heavy (non-hydrogen) atoms. The van der Waals surface area contributed by atoms with Crippen LogP contribution < -0.4 is 5.32 Å². The Morgan fingerprint density at radius 3 is 2.24 bits per heavy atom. The lowest BCUT2D eigenvalue weighted by Gasteiger charge is -2.19. The Kier molecular flexibility index (Phi) is 4.34. The molecule has 0 spiro atoms. The molecule has 0 saturated carbocycles. The molecule has 2 heterocycles. The lowest BCUT2D eigenvalue weighted by atomic mass is 9.99. The summed E-state index contributed by atoms with van der Waals surface area (Å²) in [6.07, 6.45) is 7.34. The minimum absolute atomic E-state index is 0.148. The molecule has 0 fully saturated rings. The van der Waals surface area contributed by atoms with Gasteiger partial charge < -0.3 is 5.32 Å². The van der Waals surface area contributed by atoms with Crippen LogP contribution in [0.2, 0.25) is 0 Å². The van der Waals surface area contributed by atoms with Gasteiger partial charge in [0.2, 0.25) is 0 Å². The van der Waals surface area contributed by atoms with E-state index in [1.165, 1.54) is 16.7 Å². The highest BCUT2D eigenvalue weighted by Crippen LogP contribution is 2.21. The van der Waals surface area contributed by atoms with Gasteiger partial charge in [-0.1, -0.05) is 36.4 Å². The number of pyridine rings is 2. The Morgan fingerprint density at radius 2 is 1.52 bits per heavy atom. The Labute approximate surface area is 124 Å². The van der Waals surface area contributed by atoms with Gasteiger partial charge in [0, 0.05) is 31.3 Å². The number of nitrogens with one attached hydrogen (secondary N) is 1. The van der Waals surface area contributed by atoms with Crippen molar-refractivity contribution in [3.8, 4) is 0 Å². The highest BCUT2D eigenvalue weighted by atomic mass is 14.9. The van der Waals surface area contributed by atoms with Crippen LogP contribution in [0.1, 0.15) is 22.7 Å². The number of nitrogens with zero attached hydrogens (tertiary/aromatic N) is 2. The fourth-order valence-electron chi connectivity index (χ4n) is 2.35. The summed E-state index contributed by atoms with van der Waals surface area (Å²) in [5, 5.41) is 3.60. The van der Waals surface area contributed by atoms with Crippen molar-refractivity contribution in [2.24, 2.45) is 0 Å². The fraction of sp³-hybridized carbons (Fsp3) is 0.111. The largest absolute Gasteiger partial charge is 0.302 e. The van der Waals surface area contributed by atoms with E-state index in [1.54, 1.807) is 6.20 Å². The van der Waals surface area contributed by atoms with Gasteiger partial charge >= 0.3 is 0 Å². The average molecular weight is 275 g/mol. The molecule has 3 heteroatoms. The molecule has 1 atom stereocenters. The fourth-order valence-corrected chi connectivity index (χ4v) is 2.35. The van der Waals surface area contributed by atoms with Crippen LogP contribution in [0.3, 0.4) is 0 Å². The van der Waals surface area contributed by atoms with Crippen molar-refractivity contribution in [2.45, 2.75) is 12.6 Å². The van der Waals surface area contributed by atoms with Crippen molar-refractivity contribution in [1.29, 1.82) is 0 Å². The van der Waals surface area contributed by atoms with Gasteiger partial charge in [0.1, 0.15) is 0 Å². The van der Waals surface area contributed by atoms with Gasteiger partial charge in [0.25, 0.3) is 0 Å². The van der Waals surface area contributed by atoms with E-state index in [9.17, 15) is 0 Å². The second-order valence-electron chi connectivity index (χ2n) is 4.87. The standard InChI is InChI=1S/C18H17N3/c1-2-6-16(7-3-1)18(17-8-11-19-12-9-17)21-14-15-5-4-10-20-13-15/h1-13,18,21H,14H2. The van der Waals surface area contributed by atoms with Crippen molar-refractivity contribution in [3.63, 3.8) is 0 Å². The van der Waals surface area contributed by atoms with Gasteiger partial charge in [0.05, 0.1) is 6.04 Å². The number of rotatable bonds is 5. The second-order valence-corrected chi connectivity index (χ2v) is 4.87. The Balaban J connectivity index is 1.83. The smallest absolute Gasteiger partial charge is 0.0580 e. The summed E-state index contributed by atoms with van der Waals surface area (Å²) >= 11 is 0. The van der Waals surface area contributed by atoms with E-state index in [4.69, 9.17) is 0 Å². The number of hydrogen-bond acceptors (Lipinski definition) is 3. The molecule has 2 aromatic heterocycles. The van der Waals surface area contributed by atoms with Crippen molar-refractivity contribution in [3.05, 3.63) is 96.1 Å². The zero-order valence-electron chi connectivity index (χ0n) is 11.7. The lowest BCUT2D eigenvalue weighted by Crippen LogP contribution is -2.22. The number of aromatic nitrogens is 2. The first-order valence-electron chi connectivity index (χ1n) is 7.00. The van der Waals surface area contributed by atoms with E-state index in [-0.39, 0.29) is 6.04 Å². The zero-order chi connectivity index (χ0) is 14.3. The van der Waals surface area contributed by atoms with Gasteiger partial charge in [-0.05, 0) is 34.9 Å². The summed E-state index contributed by atoms with van der Waals surface area (Å²) in [6, 6.07) is 18.7. The van der Waals surface area contributed by atoms with Gasteiger partial charge in [-0.3, -0.25) is 9.97 Å². The molecule has 0 aliphatic heterocycles. The molecule has 3 rings (SSSR count). The highest BCUT2D eigenvalue weighted by molar-refractivity contribution is 5.30. The molecular weight excluding hydrogens is 258 g/mol. The molecule has 1 aromatic carbocycles. The molecule has 1 N–H and O–H groups in total. The van der Waals surface area contributed by atoms with E-state index in [2.05, 4.69) is 45.6 Å². The van der Waals surface area contributed by atoms with Crippen LogP contribution in [0.5, 0.6) is 0 Å². The zero-order valence-corrected chi connectivity index (χ0v) is 11.7. The molecule has 0 aliphatic carbocycles. The first-order valence-corrected chi connectivity index (χ1v) is 7.00. The summed E-state index contributed by atoms with van der Waals surface area (Å²) in [7, 11) is 0. The van der Waals surface area contributed by atoms with Crippen molar-refractivity contribution < 1.29 is 0 Å². The van der Waals surface area contributed by atoms with Gasteiger partial charge in [-0.2, -0.15) is 0 Å². The minimum atomic E-state index is 0.148. The predicted octanol–water partition coefficient (Wildman–Crippen LogP) is 3.36. The summed E-state index contributed by atoms with van der Waals surface area (Å²) < 4.78 is 0. The maximum atomic E-state index is 4.16. The summed E-state index contributed by atoms with van der Waals surface area (Å²) in [5.74, 6) is 0. The van der Waals surface area contributed by atoms with E-state index in [0.717, 1.165) is 6.54 Å². The van der Waals surface area contributed by atoms with E-state index in [0.29, 0.717) is 0 Å². The van der Waals surface area contributed by atoms with Crippen LogP contribution in [-0.2, 0) is 6.54 Å². The van der Waals surface area contributed by atoms with Crippen LogP contribution in [0.15, 0.2) is 79.4 Å². The Morgan fingerprint density at radius 1 is 0.762 bits per heavy atom. The lowest BCUT2D eigenvalue weighted by molar-refractivity contribution is 0.603. The molecule has 0 saturated heterocycles. The molecule has 0 aliphatic rings. The van der Waals surface area contributed by atoms with E-state index >= 15 is 0 Å². The normalized spacial score (nSPS) is 12.0. The van der Waals surface area contributed by atoms with Crippen LogP contribution in [0, 0.1) is 0 Å². The first kappa shape index (κ1) is 13.5. The van der Waals surface area contributed by atoms with E-state index in [1.807, 2.05) is 42.9 Å². The van der Waals surface area contributed by atoms with Crippen LogP contribution >= 0.6 is 0 Å². The molecule has 104 valence electrons. The maximum absolute atomic E-state index is 4.16. The topological polar surface area (TPSA) is 37.8 Å². The summed E-state index contributed by atoms with van der Waals surface area (Å²) in [5.41, 5.74) is 3.63. The summed E-state index contributed by atoms with van der Waals surface area (Å²) in [6.45, 7) is 0.774. The Hall–Kier alpha value is -2.52. The molecule has 1 unspecified atom stereocenters. The monoisotopic (exact) mass is 275 g/mol. The van der Waals surface area contributed by atoms with Crippen LogP contribution in [0.25, 0.3) is 0 Å². The average Bonchev–Trinajstić information content (AvgIpc) is 2.58. The first-order chi connectivity index (χ1) is 10.4. The molecule has 0 bridgehead atoms. The summed E-state index contributed by atoms with van der Waals surface area (Å²) in [4.78, 5) is 8.26. The van der Waals surface area contributed by atoms with Gasteiger partial charge in [-0.25, -0.2) is 0 Å². The molecule has 3 aromatic rings. The van der Waals surface area contributed by atoms with E-state index < -0.39 is 0 Å². The third kappa shape index (κ3) is 3.52. The maximum Gasteiger partial charge on any atom is 0.0580 e. The quantitative estimate of drug-likeness (QED) is 0.776. The van der Waals surface area contributed by atoms with Gasteiger partial charge in [-0.15, -0.1) is 0 Å². The third-order valence-electron chi connectivity index (χ3n) is 3.41. The third-order valence-corrected chi connectivity index (χ3v) is 3.41. The minimum Gasteiger partial charge on any atom is -0.302 e. The molecule has 0 radical (unpaired) electrons. The molecular formula is C18H17N3. The van der Waals surface area contributed by atoms with Crippen molar-refractivity contribution in [2.75, 3.05) is 0 Å². The second kappa shape index (κ2) is 6.77. The number of hydrogen-bond donors (Lipinski definition) is 1. The number of benzene rings is 1. The van der Waals surface area contributed by atoms with Crippen molar-refractivity contribution in [1.82, 2.24) is 15.3 Å². The highest BCUT2D eigenvalue weighted by Gasteiger charge is 2.12. The predicted molar refractivity (Wildman–Crippen MR) is 83.6 cm³/mol. The van der Waals surface area contributed by atoms with Crippen LogP contribution in [-0.4, -0.2) is 9.97 Å². The van der Waals surface area contributed by atoms with Crippen LogP contribution in [0.4, 0.5) is 0 Å². The SMILES string of the molecule is c1ccc(C(NCc2cccnc2)c2ccncc2)cc1. The molecule has 0 amide bonds. The Bertz CT molecular complexity index is 614. The molecule has 3 nitrogen and oxygen atoms in total. The van der Waals surface area contributed by atoms with Gasteiger partial charge in [0.15, 0.2) is 0 Å².